The van der Waals surface area contributed by atoms with Gasteiger partial charge in [-0.05, 0) is 18.2 Å². The minimum Gasteiger partial charge on any atom is -0.379 e. The number of hydrogen-bond donors (Lipinski definition) is 0. The lowest BCUT2D eigenvalue weighted by Gasteiger charge is -2.12. The fourth-order valence-electron chi connectivity index (χ4n) is 1.55. The van der Waals surface area contributed by atoms with Gasteiger partial charge < -0.3 is 4.74 Å². The number of ether oxygens (including phenoxy) is 1. The molecule has 0 fully saturated rings. The third-order valence-electron chi connectivity index (χ3n) is 2.29. The lowest BCUT2D eigenvalue weighted by atomic mass is 10.2. The number of hydrazone groups is 1. The van der Waals surface area contributed by atoms with E-state index in [4.69, 9.17) is 27.9 Å². The zero-order valence-corrected chi connectivity index (χ0v) is 10.6. The maximum Gasteiger partial charge on any atom is 0.253 e. The van der Waals surface area contributed by atoms with Crippen LogP contribution in [0, 0.1) is 0 Å². The molecule has 4 nitrogen and oxygen atoms in total. The van der Waals surface area contributed by atoms with E-state index in [0.717, 1.165) is 0 Å². The van der Waals surface area contributed by atoms with Gasteiger partial charge in [-0.25, -0.2) is 5.01 Å². The summed E-state index contributed by atoms with van der Waals surface area (Å²) in [6.07, 6.45) is 0.272. The van der Waals surface area contributed by atoms with Crippen molar-refractivity contribution >= 4 is 40.5 Å². The van der Waals surface area contributed by atoms with E-state index in [2.05, 4.69) is 5.10 Å². The van der Waals surface area contributed by atoms with Gasteiger partial charge in [0.25, 0.3) is 5.91 Å². The monoisotopic (exact) mass is 272 g/mol. The highest BCUT2D eigenvalue weighted by Gasteiger charge is 2.25. The summed E-state index contributed by atoms with van der Waals surface area (Å²) in [6, 6.07) is 4.95. The number of nitrogens with zero attached hydrogens (tertiary/aromatic N) is 2. The molecule has 0 saturated carbocycles. The van der Waals surface area contributed by atoms with Gasteiger partial charge in [0.2, 0.25) is 0 Å². The fraction of sp³-hybridized carbons (Fsp3) is 0.273. The fourth-order valence-corrected chi connectivity index (χ4v) is 1.84. The Morgan fingerprint density at radius 3 is 2.82 bits per heavy atom. The van der Waals surface area contributed by atoms with Crippen molar-refractivity contribution in [3.05, 3.63) is 28.2 Å². The van der Waals surface area contributed by atoms with Crippen molar-refractivity contribution < 1.29 is 9.53 Å². The number of amides is 1. The first-order valence-corrected chi connectivity index (χ1v) is 5.70. The van der Waals surface area contributed by atoms with Gasteiger partial charge in [0.1, 0.15) is 0 Å². The van der Waals surface area contributed by atoms with Gasteiger partial charge >= 0.3 is 0 Å². The van der Waals surface area contributed by atoms with E-state index in [1.54, 1.807) is 25.3 Å². The molecule has 0 aromatic heterocycles. The van der Waals surface area contributed by atoms with Crippen LogP contribution in [0.1, 0.15) is 6.42 Å². The molecule has 1 aliphatic heterocycles. The van der Waals surface area contributed by atoms with Crippen molar-refractivity contribution in [2.24, 2.45) is 5.10 Å². The van der Waals surface area contributed by atoms with Crippen molar-refractivity contribution in [2.75, 3.05) is 18.7 Å². The molecular weight excluding hydrogens is 263 g/mol. The summed E-state index contributed by atoms with van der Waals surface area (Å²) in [5.41, 5.74) is 1.30. The Labute approximate surface area is 109 Å². The standard InChI is InChI=1S/C11H10Cl2N2O2/c1-17-6-7-4-11(16)15(14-7)8-2-3-9(12)10(13)5-8/h2-3,5H,4,6H2,1H3. The zero-order valence-electron chi connectivity index (χ0n) is 9.11. The van der Waals surface area contributed by atoms with E-state index in [0.29, 0.717) is 28.1 Å². The summed E-state index contributed by atoms with van der Waals surface area (Å²) < 4.78 is 4.94. The molecule has 0 bridgehead atoms. The molecule has 2 rings (SSSR count). The third kappa shape index (κ3) is 2.60. The topological polar surface area (TPSA) is 41.9 Å². The number of anilines is 1. The number of benzene rings is 1. The highest BCUT2D eigenvalue weighted by atomic mass is 35.5. The van der Waals surface area contributed by atoms with Gasteiger partial charge in [-0.15, -0.1) is 0 Å². The first-order valence-electron chi connectivity index (χ1n) is 4.95. The van der Waals surface area contributed by atoms with E-state index in [-0.39, 0.29) is 12.3 Å². The van der Waals surface area contributed by atoms with Crippen molar-refractivity contribution in [3.63, 3.8) is 0 Å². The molecule has 0 saturated heterocycles. The summed E-state index contributed by atoms with van der Waals surface area (Å²) in [6.45, 7) is 0.351. The predicted molar refractivity (Wildman–Crippen MR) is 67.9 cm³/mol. The van der Waals surface area contributed by atoms with Crippen LogP contribution in [0.15, 0.2) is 23.3 Å². The predicted octanol–water partition coefficient (Wildman–Crippen LogP) is 2.73. The summed E-state index contributed by atoms with van der Waals surface area (Å²) in [7, 11) is 1.56. The van der Waals surface area contributed by atoms with Crippen molar-refractivity contribution in [2.45, 2.75) is 6.42 Å². The van der Waals surface area contributed by atoms with Crippen molar-refractivity contribution in [3.8, 4) is 0 Å². The number of halogens is 2. The van der Waals surface area contributed by atoms with Gasteiger partial charge in [-0.2, -0.15) is 5.10 Å². The number of carbonyl (C=O) groups excluding carboxylic acids is 1. The molecular formula is C11H10Cl2N2O2. The Morgan fingerprint density at radius 1 is 1.41 bits per heavy atom. The maximum atomic E-state index is 11.7. The SMILES string of the molecule is COCC1=NN(c2ccc(Cl)c(Cl)c2)C(=O)C1. The third-order valence-corrected chi connectivity index (χ3v) is 3.03. The number of rotatable bonds is 3. The molecule has 1 aliphatic rings. The second-order valence-corrected chi connectivity index (χ2v) is 4.39. The van der Waals surface area contributed by atoms with Crippen LogP contribution >= 0.6 is 23.2 Å². The molecule has 1 aromatic carbocycles. The Morgan fingerprint density at radius 2 is 2.18 bits per heavy atom. The van der Waals surface area contributed by atoms with Crippen LogP contribution in [0.25, 0.3) is 0 Å². The highest BCUT2D eigenvalue weighted by Crippen LogP contribution is 2.29. The van der Waals surface area contributed by atoms with Gasteiger partial charge in [-0.3, -0.25) is 4.79 Å². The van der Waals surface area contributed by atoms with Crippen LogP contribution in [0.2, 0.25) is 10.0 Å². The molecule has 0 atom stereocenters. The van der Waals surface area contributed by atoms with Crippen LogP contribution < -0.4 is 5.01 Å². The van der Waals surface area contributed by atoms with Crippen LogP contribution in [0.5, 0.6) is 0 Å². The van der Waals surface area contributed by atoms with Gasteiger partial charge in [0.05, 0.1) is 34.5 Å². The maximum absolute atomic E-state index is 11.7. The quantitative estimate of drug-likeness (QED) is 0.849. The number of methoxy groups -OCH3 is 1. The van der Waals surface area contributed by atoms with E-state index in [1.165, 1.54) is 5.01 Å². The van der Waals surface area contributed by atoms with Crippen LogP contribution in [0.3, 0.4) is 0 Å². The molecule has 17 heavy (non-hydrogen) atoms. The van der Waals surface area contributed by atoms with E-state index < -0.39 is 0 Å². The van der Waals surface area contributed by atoms with Gasteiger partial charge in [0.15, 0.2) is 0 Å². The second-order valence-electron chi connectivity index (χ2n) is 3.58. The summed E-state index contributed by atoms with van der Waals surface area (Å²) >= 11 is 11.7. The largest absolute Gasteiger partial charge is 0.379 e. The Balaban J connectivity index is 2.27. The summed E-state index contributed by atoms with van der Waals surface area (Å²) in [5, 5.41) is 6.33. The normalized spacial score (nSPS) is 15.4. The van der Waals surface area contributed by atoms with Gasteiger partial charge in [-0.1, -0.05) is 23.2 Å². The zero-order chi connectivity index (χ0) is 12.4. The molecule has 0 radical (unpaired) electrons. The molecule has 1 amide bonds. The lowest BCUT2D eigenvalue weighted by molar-refractivity contribution is -0.116. The number of hydrogen-bond acceptors (Lipinski definition) is 3. The van der Waals surface area contributed by atoms with E-state index in [1.807, 2.05) is 0 Å². The first-order chi connectivity index (χ1) is 8.11. The van der Waals surface area contributed by atoms with E-state index in [9.17, 15) is 4.79 Å². The Kier molecular flexibility index (Phi) is 3.66. The molecule has 0 N–H and O–H groups in total. The van der Waals surface area contributed by atoms with Crippen LogP contribution in [-0.4, -0.2) is 25.3 Å². The molecule has 0 aliphatic carbocycles. The van der Waals surface area contributed by atoms with Crippen LogP contribution in [0.4, 0.5) is 5.69 Å². The molecule has 1 heterocycles. The molecule has 0 unspecified atom stereocenters. The summed E-state index contributed by atoms with van der Waals surface area (Å²) in [4.78, 5) is 11.7. The summed E-state index contributed by atoms with van der Waals surface area (Å²) in [5.74, 6) is -0.101. The Hall–Kier alpha value is -1.10. The minimum atomic E-state index is -0.101. The van der Waals surface area contributed by atoms with Crippen molar-refractivity contribution in [1.82, 2.24) is 0 Å². The minimum absolute atomic E-state index is 0.101. The molecule has 1 aromatic rings. The smallest absolute Gasteiger partial charge is 0.253 e. The lowest BCUT2D eigenvalue weighted by Crippen LogP contribution is -2.19. The average Bonchev–Trinajstić information content (AvgIpc) is 2.64. The molecule has 90 valence electrons. The van der Waals surface area contributed by atoms with E-state index >= 15 is 0 Å². The second kappa shape index (κ2) is 5.04. The Bertz CT molecular complexity index is 488. The molecule has 6 heteroatoms. The van der Waals surface area contributed by atoms with Gasteiger partial charge in [0, 0.05) is 7.11 Å². The number of carbonyl (C=O) groups is 1. The van der Waals surface area contributed by atoms with Crippen molar-refractivity contribution in [1.29, 1.82) is 0 Å². The average molecular weight is 273 g/mol. The highest BCUT2D eigenvalue weighted by molar-refractivity contribution is 6.42. The first kappa shape index (κ1) is 12.4. The molecule has 0 spiro atoms. The van der Waals surface area contributed by atoms with Crippen LogP contribution in [-0.2, 0) is 9.53 Å².